The molecule has 6 heteroatoms. The van der Waals surface area contributed by atoms with Crippen molar-refractivity contribution in [2.24, 2.45) is 0 Å². The number of nitrogens with zero attached hydrogens (tertiary/aromatic N) is 5. The fourth-order valence-corrected chi connectivity index (χ4v) is 8.60. The predicted octanol–water partition coefficient (Wildman–Crippen LogP) is 13.8. The van der Waals surface area contributed by atoms with E-state index in [1.807, 2.05) is 48.5 Å². The summed E-state index contributed by atoms with van der Waals surface area (Å²) in [4.78, 5) is 20.1. The lowest BCUT2D eigenvalue weighted by atomic mass is 9.98. The molecule has 12 aromatic rings. The lowest BCUT2D eigenvalue weighted by Crippen LogP contribution is -2.00. The Morgan fingerprint density at radius 2 is 0.750 bits per heavy atom. The Hall–Kier alpha value is -8.22. The number of furan rings is 1. The monoisotopic (exact) mass is 767 g/mol. The molecule has 0 fully saturated rings. The molecule has 0 saturated heterocycles. The van der Waals surface area contributed by atoms with Gasteiger partial charge in [-0.25, -0.2) is 19.9 Å². The molecule has 0 radical (unpaired) electrons. The molecule has 12 rings (SSSR count). The second kappa shape index (κ2) is 13.7. The van der Waals surface area contributed by atoms with E-state index in [1.165, 1.54) is 21.8 Å². The summed E-state index contributed by atoms with van der Waals surface area (Å²) in [6, 6.07) is 69.3. The Labute approximate surface area is 344 Å². The molecule has 0 bridgehead atoms. The molecule has 0 aliphatic heterocycles. The third kappa shape index (κ3) is 5.57. The Morgan fingerprint density at radius 1 is 0.317 bits per heavy atom. The van der Waals surface area contributed by atoms with Gasteiger partial charge in [0.25, 0.3) is 0 Å². The fraction of sp³-hybridized carbons (Fsp3) is 0. The normalized spacial score (nSPS) is 11.7. The number of hydrogen-bond donors (Lipinski definition) is 0. The average molecular weight is 768 g/mol. The molecule has 0 aliphatic rings. The summed E-state index contributed by atoms with van der Waals surface area (Å²) in [7, 11) is 0. The third-order valence-electron chi connectivity index (χ3n) is 11.5. The van der Waals surface area contributed by atoms with Crippen LogP contribution < -0.4 is 0 Å². The van der Waals surface area contributed by atoms with E-state index in [0.29, 0.717) is 23.2 Å². The first kappa shape index (κ1) is 33.9. The van der Waals surface area contributed by atoms with Crippen molar-refractivity contribution in [2.45, 2.75) is 0 Å². The minimum Gasteiger partial charge on any atom is -0.438 e. The largest absolute Gasteiger partial charge is 0.438 e. The molecule has 280 valence electrons. The van der Waals surface area contributed by atoms with E-state index >= 15 is 0 Å². The van der Waals surface area contributed by atoms with Crippen LogP contribution >= 0.6 is 0 Å². The van der Waals surface area contributed by atoms with Crippen molar-refractivity contribution in [3.05, 3.63) is 200 Å². The number of benzene rings is 8. The summed E-state index contributed by atoms with van der Waals surface area (Å²) in [5, 5.41) is 6.83. The molecule has 60 heavy (non-hydrogen) atoms. The minimum atomic E-state index is 0.617. The third-order valence-corrected chi connectivity index (χ3v) is 11.5. The van der Waals surface area contributed by atoms with Crippen molar-refractivity contribution in [1.29, 1.82) is 0 Å². The van der Waals surface area contributed by atoms with Crippen molar-refractivity contribution < 1.29 is 4.42 Å². The highest BCUT2D eigenvalue weighted by Gasteiger charge is 2.18. The van der Waals surface area contributed by atoms with Crippen LogP contribution in [0.5, 0.6) is 0 Å². The maximum Gasteiger partial charge on any atom is 0.228 e. The van der Waals surface area contributed by atoms with E-state index in [-0.39, 0.29) is 0 Å². The quantitative estimate of drug-likeness (QED) is 0.168. The molecule has 0 spiro atoms. The lowest BCUT2D eigenvalue weighted by molar-refractivity contribution is 0.655. The summed E-state index contributed by atoms with van der Waals surface area (Å²) < 4.78 is 8.56. The number of fused-ring (bicyclic) bond motifs is 8. The maximum atomic E-state index is 6.25. The molecule has 0 amide bonds. The summed E-state index contributed by atoms with van der Waals surface area (Å²) in [5.74, 6) is 1.86. The van der Waals surface area contributed by atoms with Gasteiger partial charge in [0.05, 0.1) is 22.1 Å². The van der Waals surface area contributed by atoms with E-state index in [2.05, 4.69) is 156 Å². The molecule has 0 N–H and O–H groups in total. The van der Waals surface area contributed by atoms with Crippen molar-refractivity contribution in [3.8, 4) is 62.2 Å². The Morgan fingerprint density at radius 3 is 1.35 bits per heavy atom. The van der Waals surface area contributed by atoms with Gasteiger partial charge in [0, 0.05) is 49.5 Å². The van der Waals surface area contributed by atoms with Crippen LogP contribution in [0.3, 0.4) is 0 Å². The van der Waals surface area contributed by atoms with Crippen molar-refractivity contribution in [1.82, 2.24) is 24.5 Å². The van der Waals surface area contributed by atoms with Crippen LogP contribution in [0, 0.1) is 0 Å². The van der Waals surface area contributed by atoms with E-state index in [1.54, 1.807) is 0 Å². The summed E-state index contributed by atoms with van der Waals surface area (Å²) in [6.07, 6.45) is 0. The number of aromatic nitrogens is 5. The Balaban J connectivity index is 0.883. The van der Waals surface area contributed by atoms with Gasteiger partial charge in [-0.05, 0) is 59.0 Å². The number of para-hydroxylation sites is 3. The first-order valence-corrected chi connectivity index (χ1v) is 20.1. The molecule has 4 aromatic heterocycles. The van der Waals surface area contributed by atoms with Crippen LogP contribution in [0.25, 0.3) is 117 Å². The van der Waals surface area contributed by atoms with Gasteiger partial charge in [-0.15, -0.1) is 0 Å². The highest BCUT2D eigenvalue weighted by atomic mass is 16.3. The second-order valence-electron chi connectivity index (χ2n) is 15.0. The molecular formula is C54H33N5O. The van der Waals surface area contributed by atoms with Gasteiger partial charge in [-0.2, -0.15) is 0 Å². The summed E-state index contributed by atoms with van der Waals surface area (Å²) >= 11 is 0. The first-order chi connectivity index (χ1) is 29.7. The van der Waals surface area contributed by atoms with E-state index in [9.17, 15) is 0 Å². The summed E-state index contributed by atoms with van der Waals surface area (Å²) in [6.45, 7) is 0. The highest BCUT2D eigenvalue weighted by molar-refractivity contribution is 6.20. The van der Waals surface area contributed by atoms with Crippen LogP contribution in [0.4, 0.5) is 0 Å². The van der Waals surface area contributed by atoms with Crippen LogP contribution in [0.15, 0.2) is 205 Å². The SMILES string of the molecule is c1ccc(-c2nc(-c3ccc(-c4ccc(-c5nc6oc7ccccc7c6c6ccccc56)cc4)cc3)nc(-c3ccc(-n4c5ccccc5c5ccccc54)cc3)n2)cc1. The minimum absolute atomic E-state index is 0.617. The number of hydrogen-bond acceptors (Lipinski definition) is 5. The van der Waals surface area contributed by atoms with E-state index < -0.39 is 0 Å². The van der Waals surface area contributed by atoms with Crippen LogP contribution in [0.1, 0.15) is 0 Å². The van der Waals surface area contributed by atoms with Gasteiger partial charge >= 0.3 is 0 Å². The second-order valence-corrected chi connectivity index (χ2v) is 15.0. The molecular weight excluding hydrogens is 735 g/mol. The van der Waals surface area contributed by atoms with E-state index in [4.69, 9.17) is 24.4 Å². The topological polar surface area (TPSA) is 69.6 Å². The van der Waals surface area contributed by atoms with Crippen molar-refractivity contribution >= 4 is 54.6 Å². The maximum absolute atomic E-state index is 6.25. The van der Waals surface area contributed by atoms with Gasteiger partial charge in [0.1, 0.15) is 5.58 Å². The van der Waals surface area contributed by atoms with Crippen molar-refractivity contribution in [2.75, 3.05) is 0 Å². The molecule has 8 aromatic carbocycles. The molecule has 0 unspecified atom stereocenters. The molecule has 6 nitrogen and oxygen atoms in total. The van der Waals surface area contributed by atoms with Crippen LogP contribution in [-0.4, -0.2) is 24.5 Å². The van der Waals surface area contributed by atoms with Crippen LogP contribution in [-0.2, 0) is 0 Å². The lowest BCUT2D eigenvalue weighted by Gasteiger charge is -2.11. The zero-order valence-corrected chi connectivity index (χ0v) is 32.2. The Kier molecular flexibility index (Phi) is 7.74. The predicted molar refractivity (Wildman–Crippen MR) is 244 cm³/mol. The molecule has 0 atom stereocenters. The standard InChI is InChI=1S/C54H33N5O/c1-2-12-37(13-3-1)51-56-52(58-53(57-51)39-30-32-40(33-31-39)59-46-19-9-6-14-41(46)42-15-7-10-20-47(42)59)38-28-24-35(25-29-38)34-22-26-36(27-23-34)50-44-17-5-4-16-43(44)49-45-18-8-11-21-48(45)60-54(49)55-50/h1-33H. The fourth-order valence-electron chi connectivity index (χ4n) is 8.60. The van der Waals surface area contributed by atoms with Gasteiger partial charge in [0.2, 0.25) is 5.71 Å². The molecule has 4 heterocycles. The van der Waals surface area contributed by atoms with Gasteiger partial charge < -0.3 is 8.98 Å². The van der Waals surface area contributed by atoms with Gasteiger partial charge in [-0.3, -0.25) is 0 Å². The number of rotatable bonds is 6. The Bertz CT molecular complexity index is 3520. The van der Waals surface area contributed by atoms with Crippen molar-refractivity contribution in [3.63, 3.8) is 0 Å². The van der Waals surface area contributed by atoms with Crippen LogP contribution in [0.2, 0.25) is 0 Å². The molecule has 0 aliphatic carbocycles. The summed E-state index contributed by atoms with van der Waals surface area (Å²) in [5.41, 5.74) is 11.8. The highest BCUT2D eigenvalue weighted by Crippen LogP contribution is 2.39. The van der Waals surface area contributed by atoms with Gasteiger partial charge in [0.15, 0.2) is 17.5 Å². The average Bonchev–Trinajstić information content (AvgIpc) is 3.88. The van der Waals surface area contributed by atoms with Gasteiger partial charge in [-0.1, -0.05) is 158 Å². The smallest absolute Gasteiger partial charge is 0.228 e. The molecule has 0 saturated carbocycles. The number of pyridine rings is 1. The zero-order valence-electron chi connectivity index (χ0n) is 32.2. The zero-order chi connectivity index (χ0) is 39.6. The first-order valence-electron chi connectivity index (χ1n) is 20.1. The van der Waals surface area contributed by atoms with E-state index in [0.717, 1.165) is 71.9 Å².